The summed E-state index contributed by atoms with van der Waals surface area (Å²) in [6, 6.07) is 7.13. The molecule has 1 atom stereocenters. The molecule has 3 rings (SSSR count). The first-order valence-corrected chi connectivity index (χ1v) is 7.03. The van der Waals surface area contributed by atoms with E-state index in [2.05, 4.69) is 10.3 Å². The molecule has 0 bridgehead atoms. The molecular weight excluding hydrogens is 266 g/mol. The molecule has 0 spiro atoms. The van der Waals surface area contributed by atoms with E-state index >= 15 is 0 Å². The highest BCUT2D eigenvalue weighted by Crippen LogP contribution is 2.26. The number of hydrogen-bond acceptors (Lipinski definition) is 4. The molecule has 21 heavy (non-hydrogen) atoms. The van der Waals surface area contributed by atoms with E-state index in [1.165, 1.54) is 4.90 Å². The van der Waals surface area contributed by atoms with Crippen LogP contribution in [0.1, 0.15) is 20.3 Å². The van der Waals surface area contributed by atoms with Crippen molar-refractivity contribution in [1.82, 2.24) is 9.88 Å². The summed E-state index contributed by atoms with van der Waals surface area (Å²) in [4.78, 5) is 29.7. The normalized spacial score (nSPS) is 18.8. The average molecular weight is 283 g/mol. The zero-order chi connectivity index (χ0) is 15.0. The lowest BCUT2D eigenvalue weighted by molar-refractivity contribution is -0.140. The predicted molar refractivity (Wildman–Crippen MR) is 80.8 cm³/mol. The highest BCUT2D eigenvalue weighted by atomic mass is 16.2. The number of benzene rings is 1. The van der Waals surface area contributed by atoms with Crippen LogP contribution in [0.4, 0.5) is 5.69 Å². The van der Waals surface area contributed by atoms with Crippen LogP contribution in [0.15, 0.2) is 36.7 Å². The van der Waals surface area contributed by atoms with E-state index < -0.39 is 6.04 Å². The topological polar surface area (TPSA) is 62.3 Å². The van der Waals surface area contributed by atoms with Gasteiger partial charge in [-0.1, -0.05) is 12.1 Å². The molecule has 0 radical (unpaired) electrons. The number of rotatable bonds is 3. The van der Waals surface area contributed by atoms with Gasteiger partial charge in [0, 0.05) is 29.5 Å². The molecule has 108 valence electrons. The molecule has 1 saturated heterocycles. The Morgan fingerprint density at radius 1 is 1.29 bits per heavy atom. The summed E-state index contributed by atoms with van der Waals surface area (Å²) in [5.74, 6) is -0.276. The van der Waals surface area contributed by atoms with Gasteiger partial charge in [0.1, 0.15) is 6.04 Å². The molecule has 5 heteroatoms. The molecule has 2 amide bonds. The smallest absolute Gasteiger partial charge is 0.252 e. The fraction of sp³-hybridized carbons (Fsp3) is 0.312. The number of aromatic nitrogens is 1. The number of pyridine rings is 1. The van der Waals surface area contributed by atoms with Crippen molar-refractivity contribution in [2.45, 2.75) is 32.4 Å². The number of nitrogens with zero attached hydrogens (tertiary/aromatic N) is 2. The highest BCUT2D eigenvalue weighted by molar-refractivity contribution is 6.08. The third kappa shape index (κ3) is 2.35. The van der Waals surface area contributed by atoms with Gasteiger partial charge in [-0.2, -0.15) is 0 Å². The zero-order valence-corrected chi connectivity index (χ0v) is 12.0. The maximum atomic E-state index is 12.3. The number of carbonyl (C=O) groups excluding carboxylic acids is 2. The van der Waals surface area contributed by atoms with Crippen molar-refractivity contribution >= 4 is 28.3 Å². The van der Waals surface area contributed by atoms with Crippen LogP contribution in [0.25, 0.3) is 10.8 Å². The Labute approximate surface area is 123 Å². The van der Waals surface area contributed by atoms with Crippen molar-refractivity contribution in [2.24, 2.45) is 0 Å². The standard InChI is InChI=1S/C16H17N3O2/c1-10(2)19-15(20)8-14(16(19)21)18-13-5-3-4-11-6-7-17-9-12(11)13/h3-7,9-10,14,18H,8H2,1-2H3. The number of nitrogens with one attached hydrogen (secondary N) is 1. The van der Waals surface area contributed by atoms with E-state index in [0.29, 0.717) is 0 Å². The Hall–Kier alpha value is -2.43. The van der Waals surface area contributed by atoms with Gasteiger partial charge in [0.15, 0.2) is 0 Å². The maximum absolute atomic E-state index is 12.3. The third-order valence-corrected chi connectivity index (χ3v) is 3.71. The van der Waals surface area contributed by atoms with Crippen LogP contribution >= 0.6 is 0 Å². The lowest BCUT2D eigenvalue weighted by atomic mass is 10.1. The summed E-state index contributed by atoms with van der Waals surface area (Å²) in [5.41, 5.74) is 0.831. The summed E-state index contributed by atoms with van der Waals surface area (Å²) in [5, 5.41) is 5.19. The Balaban J connectivity index is 1.90. The van der Waals surface area contributed by atoms with E-state index in [1.54, 1.807) is 12.4 Å². The van der Waals surface area contributed by atoms with Crippen LogP contribution in [-0.2, 0) is 9.59 Å². The Morgan fingerprint density at radius 3 is 2.81 bits per heavy atom. The number of hydrogen-bond donors (Lipinski definition) is 1. The lowest BCUT2D eigenvalue weighted by Crippen LogP contribution is -2.39. The van der Waals surface area contributed by atoms with Gasteiger partial charge < -0.3 is 5.32 Å². The van der Waals surface area contributed by atoms with Crippen LogP contribution in [0.5, 0.6) is 0 Å². The van der Waals surface area contributed by atoms with Gasteiger partial charge in [-0.05, 0) is 31.4 Å². The number of imide groups is 1. The fourth-order valence-corrected chi connectivity index (χ4v) is 2.73. The molecule has 1 aromatic carbocycles. The van der Waals surface area contributed by atoms with Gasteiger partial charge in [0.25, 0.3) is 5.91 Å². The minimum Gasteiger partial charge on any atom is -0.373 e. The van der Waals surface area contributed by atoms with Crippen LogP contribution in [0, 0.1) is 0 Å². The van der Waals surface area contributed by atoms with Gasteiger partial charge in [0.05, 0.1) is 6.42 Å². The minimum atomic E-state index is -0.495. The number of fused-ring (bicyclic) bond motifs is 1. The summed E-state index contributed by atoms with van der Waals surface area (Å²) >= 11 is 0. The Bertz CT molecular complexity index is 706. The molecule has 2 heterocycles. The molecule has 0 aliphatic carbocycles. The zero-order valence-electron chi connectivity index (χ0n) is 12.0. The van der Waals surface area contributed by atoms with Crippen LogP contribution in [0.3, 0.4) is 0 Å². The average Bonchev–Trinajstić information content (AvgIpc) is 2.74. The second-order valence-corrected chi connectivity index (χ2v) is 5.50. The van der Waals surface area contributed by atoms with E-state index in [-0.39, 0.29) is 24.3 Å². The first kappa shape index (κ1) is 13.5. The first-order valence-electron chi connectivity index (χ1n) is 7.03. The van der Waals surface area contributed by atoms with Gasteiger partial charge in [-0.15, -0.1) is 0 Å². The summed E-state index contributed by atoms with van der Waals surface area (Å²) in [6.07, 6.45) is 3.70. The van der Waals surface area contributed by atoms with Crippen LogP contribution < -0.4 is 5.32 Å². The number of anilines is 1. The highest BCUT2D eigenvalue weighted by Gasteiger charge is 2.39. The molecule has 0 saturated carbocycles. The molecule has 5 nitrogen and oxygen atoms in total. The molecule has 1 aliphatic heterocycles. The minimum absolute atomic E-state index is 0.106. The van der Waals surface area contributed by atoms with Crippen molar-refractivity contribution in [3.63, 3.8) is 0 Å². The van der Waals surface area contributed by atoms with E-state index in [0.717, 1.165) is 16.5 Å². The summed E-state index contributed by atoms with van der Waals surface area (Å²) < 4.78 is 0. The van der Waals surface area contributed by atoms with Crippen molar-refractivity contribution in [2.75, 3.05) is 5.32 Å². The third-order valence-electron chi connectivity index (χ3n) is 3.71. The molecule has 1 unspecified atom stereocenters. The van der Waals surface area contributed by atoms with Crippen LogP contribution in [-0.4, -0.2) is 33.8 Å². The Morgan fingerprint density at radius 2 is 2.10 bits per heavy atom. The maximum Gasteiger partial charge on any atom is 0.252 e. The monoisotopic (exact) mass is 283 g/mol. The quantitative estimate of drug-likeness (QED) is 0.877. The molecule has 2 aromatic rings. The van der Waals surface area contributed by atoms with Crippen molar-refractivity contribution in [3.8, 4) is 0 Å². The van der Waals surface area contributed by atoms with Crippen molar-refractivity contribution in [1.29, 1.82) is 0 Å². The van der Waals surface area contributed by atoms with Crippen molar-refractivity contribution < 1.29 is 9.59 Å². The van der Waals surface area contributed by atoms with Gasteiger partial charge in [-0.3, -0.25) is 19.5 Å². The van der Waals surface area contributed by atoms with Crippen molar-refractivity contribution in [3.05, 3.63) is 36.7 Å². The molecule has 1 aromatic heterocycles. The second-order valence-electron chi connectivity index (χ2n) is 5.50. The number of amides is 2. The second kappa shape index (κ2) is 5.16. The van der Waals surface area contributed by atoms with E-state index in [4.69, 9.17) is 0 Å². The summed E-state index contributed by atoms with van der Waals surface area (Å²) in [7, 11) is 0. The van der Waals surface area contributed by atoms with Gasteiger partial charge in [-0.25, -0.2) is 0 Å². The Kier molecular flexibility index (Phi) is 3.33. The summed E-state index contributed by atoms with van der Waals surface area (Å²) in [6.45, 7) is 3.69. The van der Waals surface area contributed by atoms with E-state index in [9.17, 15) is 9.59 Å². The largest absolute Gasteiger partial charge is 0.373 e. The van der Waals surface area contributed by atoms with Crippen LogP contribution in [0.2, 0.25) is 0 Å². The molecular formula is C16H17N3O2. The molecule has 1 aliphatic rings. The molecule has 1 N–H and O–H groups in total. The predicted octanol–water partition coefficient (Wildman–Crippen LogP) is 2.18. The van der Waals surface area contributed by atoms with Gasteiger partial charge >= 0.3 is 0 Å². The molecule has 1 fully saturated rings. The van der Waals surface area contributed by atoms with E-state index in [1.807, 2.05) is 38.1 Å². The number of carbonyl (C=O) groups is 2. The SMILES string of the molecule is CC(C)N1C(=O)CC(Nc2cccc3ccncc23)C1=O. The van der Waals surface area contributed by atoms with Gasteiger partial charge in [0.2, 0.25) is 5.91 Å². The first-order chi connectivity index (χ1) is 10.1. The lowest BCUT2D eigenvalue weighted by Gasteiger charge is -2.19. The number of likely N-dealkylation sites (tertiary alicyclic amines) is 1. The fourth-order valence-electron chi connectivity index (χ4n) is 2.73.